The van der Waals surface area contributed by atoms with Crippen molar-refractivity contribution in [3.63, 3.8) is 0 Å². The summed E-state index contributed by atoms with van der Waals surface area (Å²) in [6.45, 7) is 0.902. The highest BCUT2D eigenvalue weighted by Gasteiger charge is 2.06. The van der Waals surface area contributed by atoms with Crippen LogP contribution in [-0.2, 0) is 13.1 Å². The molecule has 3 aromatic rings. The van der Waals surface area contributed by atoms with Gasteiger partial charge in [0.25, 0.3) is 5.56 Å². The van der Waals surface area contributed by atoms with Crippen LogP contribution in [0.2, 0.25) is 5.02 Å². The third kappa shape index (κ3) is 4.39. The van der Waals surface area contributed by atoms with Gasteiger partial charge < -0.3 is 4.74 Å². The fourth-order valence-electron chi connectivity index (χ4n) is 2.43. The van der Waals surface area contributed by atoms with Crippen molar-refractivity contribution >= 4 is 11.6 Å². The normalized spacial score (nSPS) is 10.6. The van der Waals surface area contributed by atoms with Crippen molar-refractivity contribution in [3.05, 3.63) is 98.3 Å². The van der Waals surface area contributed by atoms with E-state index >= 15 is 0 Å². The molecule has 0 atom stereocenters. The number of nitrogens with zero attached hydrogens (tertiary/aromatic N) is 2. The number of hydrogen-bond acceptors (Lipinski definition) is 3. The Bertz CT molecular complexity index is 947. The summed E-state index contributed by atoms with van der Waals surface area (Å²) in [5.74, 6) is 0.676. The highest BCUT2D eigenvalue weighted by molar-refractivity contribution is 6.30. The van der Waals surface area contributed by atoms with Gasteiger partial charge in [0.1, 0.15) is 12.4 Å². The molecule has 0 aliphatic rings. The van der Waals surface area contributed by atoms with Crippen LogP contribution in [0, 0.1) is 0 Å². The predicted molar refractivity (Wildman–Crippen MR) is 97.5 cm³/mol. The molecular formula is C19H17ClN2O3. The minimum absolute atomic E-state index is 0.247. The lowest BCUT2D eigenvalue weighted by Gasteiger charge is -2.11. The van der Waals surface area contributed by atoms with E-state index in [0.29, 0.717) is 23.9 Å². The first-order valence-corrected chi connectivity index (χ1v) is 8.24. The Morgan fingerprint density at radius 3 is 2.36 bits per heavy atom. The van der Waals surface area contributed by atoms with Gasteiger partial charge in [0.2, 0.25) is 0 Å². The van der Waals surface area contributed by atoms with E-state index in [1.54, 1.807) is 24.3 Å². The number of ether oxygens (including phenoxy) is 1. The zero-order valence-electron chi connectivity index (χ0n) is 13.5. The summed E-state index contributed by atoms with van der Waals surface area (Å²) in [5.41, 5.74) is 0.233. The van der Waals surface area contributed by atoms with Crippen LogP contribution < -0.4 is 16.0 Å². The summed E-state index contributed by atoms with van der Waals surface area (Å²) in [6, 6.07) is 17.8. The average molecular weight is 357 g/mol. The number of halogens is 1. The van der Waals surface area contributed by atoms with E-state index in [9.17, 15) is 9.59 Å². The minimum atomic E-state index is -0.351. The molecule has 2 aromatic carbocycles. The van der Waals surface area contributed by atoms with Crippen LogP contribution >= 0.6 is 11.6 Å². The minimum Gasteiger partial charge on any atom is -0.492 e. The van der Waals surface area contributed by atoms with Crippen LogP contribution in [0.3, 0.4) is 0 Å². The molecule has 0 aliphatic carbocycles. The van der Waals surface area contributed by atoms with Crippen molar-refractivity contribution in [2.75, 3.05) is 6.61 Å². The number of hydrogen-bond donors (Lipinski definition) is 0. The van der Waals surface area contributed by atoms with Crippen molar-refractivity contribution in [2.45, 2.75) is 13.1 Å². The van der Waals surface area contributed by atoms with Crippen LogP contribution in [0.25, 0.3) is 0 Å². The standard InChI is InChI=1S/C19H17ClN2O3/c20-16-6-8-17(9-7-16)25-13-12-21-11-10-18(23)22(19(21)24)14-15-4-2-1-3-5-15/h1-11H,12-14H2. The average Bonchev–Trinajstić information content (AvgIpc) is 2.63. The van der Waals surface area contributed by atoms with E-state index < -0.39 is 0 Å². The molecular weight excluding hydrogens is 340 g/mol. The molecule has 128 valence electrons. The van der Waals surface area contributed by atoms with Crippen molar-refractivity contribution in [3.8, 4) is 5.75 Å². The monoisotopic (exact) mass is 356 g/mol. The molecule has 25 heavy (non-hydrogen) atoms. The summed E-state index contributed by atoms with van der Waals surface area (Å²) >= 11 is 5.83. The zero-order valence-corrected chi connectivity index (χ0v) is 14.2. The van der Waals surface area contributed by atoms with Gasteiger partial charge in [0, 0.05) is 17.3 Å². The van der Waals surface area contributed by atoms with E-state index in [0.717, 1.165) is 5.56 Å². The van der Waals surface area contributed by atoms with Crippen LogP contribution in [0.15, 0.2) is 76.4 Å². The SMILES string of the molecule is O=c1ccn(CCOc2ccc(Cl)cc2)c(=O)n1Cc1ccccc1. The fraction of sp³-hybridized carbons (Fsp3) is 0.158. The molecule has 0 aliphatic heterocycles. The van der Waals surface area contributed by atoms with Crippen LogP contribution in [0.5, 0.6) is 5.75 Å². The third-order valence-electron chi connectivity index (χ3n) is 3.74. The molecule has 1 heterocycles. The first kappa shape index (κ1) is 17.0. The second kappa shape index (κ2) is 7.85. The van der Waals surface area contributed by atoms with Gasteiger partial charge in [0.15, 0.2) is 0 Å². The van der Waals surface area contributed by atoms with Crippen molar-refractivity contribution < 1.29 is 4.74 Å². The van der Waals surface area contributed by atoms with E-state index in [1.165, 1.54) is 21.4 Å². The number of benzene rings is 2. The predicted octanol–water partition coefficient (Wildman–Crippen LogP) is 2.79. The van der Waals surface area contributed by atoms with Gasteiger partial charge in [-0.05, 0) is 29.8 Å². The number of aromatic nitrogens is 2. The molecule has 5 nitrogen and oxygen atoms in total. The molecule has 0 radical (unpaired) electrons. The van der Waals surface area contributed by atoms with Crippen LogP contribution in [0.4, 0.5) is 0 Å². The summed E-state index contributed by atoms with van der Waals surface area (Å²) in [4.78, 5) is 24.6. The zero-order chi connectivity index (χ0) is 17.6. The molecule has 0 bridgehead atoms. The van der Waals surface area contributed by atoms with E-state index in [4.69, 9.17) is 16.3 Å². The summed E-state index contributed by atoms with van der Waals surface area (Å²) in [6.07, 6.45) is 1.50. The topological polar surface area (TPSA) is 53.2 Å². The Morgan fingerprint density at radius 2 is 1.64 bits per heavy atom. The van der Waals surface area contributed by atoms with Gasteiger partial charge in [-0.1, -0.05) is 41.9 Å². The maximum atomic E-state index is 12.5. The molecule has 0 N–H and O–H groups in total. The lowest BCUT2D eigenvalue weighted by molar-refractivity contribution is 0.293. The molecule has 1 aromatic heterocycles. The van der Waals surface area contributed by atoms with Crippen LogP contribution in [-0.4, -0.2) is 15.7 Å². The lowest BCUT2D eigenvalue weighted by atomic mass is 10.2. The molecule has 0 saturated carbocycles. The summed E-state index contributed by atoms with van der Waals surface area (Å²) < 4.78 is 8.29. The molecule has 0 amide bonds. The first-order valence-electron chi connectivity index (χ1n) is 7.86. The van der Waals surface area contributed by atoms with Gasteiger partial charge in [0.05, 0.1) is 13.1 Å². The largest absolute Gasteiger partial charge is 0.492 e. The van der Waals surface area contributed by atoms with E-state index in [-0.39, 0.29) is 17.8 Å². The highest BCUT2D eigenvalue weighted by atomic mass is 35.5. The second-order valence-corrected chi connectivity index (χ2v) is 5.94. The van der Waals surface area contributed by atoms with Crippen LogP contribution in [0.1, 0.15) is 5.56 Å². The molecule has 6 heteroatoms. The second-order valence-electron chi connectivity index (χ2n) is 5.50. The first-order chi connectivity index (χ1) is 12.1. The van der Waals surface area contributed by atoms with Crippen molar-refractivity contribution in [1.82, 2.24) is 9.13 Å². The lowest BCUT2D eigenvalue weighted by Crippen LogP contribution is -2.39. The molecule has 0 spiro atoms. The smallest absolute Gasteiger partial charge is 0.331 e. The fourth-order valence-corrected chi connectivity index (χ4v) is 2.56. The molecule has 0 unspecified atom stereocenters. The van der Waals surface area contributed by atoms with Gasteiger partial charge in [-0.15, -0.1) is 0 Å². The van der Waals surface area contributed by atoms with Gasteiger partial charge in [-0.25, -0.2) is 4.79 Å². The molecule has 0 fully saturated rings. The van der Waals surface area contributed by atoms with Gasteiger partial charge in [-0.2, -0.15) is 0 Å². The Morgan fingerprint density at radius 1 is 0.920 bits per heavy atom. The number of rotatable bonds is 6. The van der Waals surface area contributed by atoms with Crippen molar-refractivity contribution in [2.24, 2.45) is 0 Å². The Kier molecular flexibility index (Phi) is 5.36. The van der Waals surface area contributed by atoms with Gasteiger partial charge >= 0.3 is 5.69 Å². The maximum Gasteiger partial charge on any atom is 0.331 e. The van der Waals surface area contributed by atoms with E-state index in [2.05, 4.69) is 0 Å². The molecule has 0 saturated heterocycles. The molecule has 3 rings (SSSR count). The summed E-state index contributed by atoms with van der Waals surface area (Å²) in [7, 11) is 0. The third-order valence-corrected chi connectivity index (χ3v) is 3.99. The van der Waals surface area contributed by atoms with Crippen molar-refractivity contribution in [1.29, 1.82) is 0 Å². The Hall–Kier alpha value is -2.79. The summed E-state index contributed by atoms with van der Waals surface area (Å²) in [5, 5.41) is 0.636. The maximum absolute atomic E-state index is 12.5. The Balaban J connectivity index is 1.72. The van der Waals surface area contributed by atoms with Gasteiger partial charge in [-0.3, -0.25) is 13.9 Å². The highest BCUT2D eigenvalue weighted by Crippen LogP contribution is 2.15. The quantitative estimate of drug-likeness (QED) is 0.682. The van der Waals surface area contributed by atoms with E-state index in [1.807, 2.05) is 30.3 Å². The Labute approximate surface area is 149 Å².